The number of aliphatic imine (C=N–C) groups is 1. The summed E-state index contributed by atoms with van der Waals surface area (Å²) in [5, 5.41) is 10.3. The van der Waals surface area contributed by atoms with E-state index >= 15 is 0 Å². The lowest BCUT2D eigenvalue weighted by molar-refractivity contribution is 0.198. The lowest BCUT2D eigenvalue weighted by atomic mass is 9.87. The van der Waals surface area contributed by atoms with Gasteiger partial charge in [0.1, 0.15) is 17.6 Å². The van der Waals surface area contributed by atoms with Crippen LogP contribution in [0.3, 0.4) is 0 Å². The average Bonchev–Trinajstić information content (AvgIpc) is 3.34. The number of phenolic OH excluding ortho intramolecular Hbond substituents is 1. The summed E-state index contributed by atoms with van der Waals surface area (Å²) in [5.74, 6) is 1.16. The smallest absolute Gasteiger partial charge is 0.119 e. The molecule has 3 aromatic rings. The quantitative estimate of drug-likeness (QED) is 0.257. The Hall–Kier alpha value is -3.70. The molecule has 1 atom stereocenters. The molecular formula is C36H41FN2O2. The van der Waals surface area contributed by atoms with Crippen molar-refractivity contribution in [3.8, 4) is 11.5 Å². The van der Waals surface area contributed by atoms with Crippen LogP contribution in [0.4, 0.5) is 10.1 Å². The van der Waals surface area contributed by atoms with E-state index in [1.807, 2.05) is 12.3 Å². The maximum atomic E-state index is 12.6. The third-order valence-corrected chi connectivity index (χ3v) is 8.21. The molecule has 1 N–H and O–H groups in total. The lowest BCUT2D eigenvalue weighted by Gasteiger charge is -2.19. The second kappa shape index (κ2) is 13.3. The zero-order chi connectivity index (χ0) is 28.8. The number of alkyl halides is 1. The molecule has 4 nitrogen and oxygen atoms in total. The maximum absolute atomic E-state index is 12.6. The Morgan fingerprint density at radius 3 is 2.68 bits per heavy atom. The summed E-state index contributed by atoms with van der Waals surface area (Å²) in [7, 11) is 0. The van der Waals surface area contributed by atoms with E-state index in [2.05, 4.69) is 73.9 Å². The lowest BCUT2D eigenvalue weighted by Crippen LogP contribution is -2.26. The van der Waals surface area contributed by atoms with Crippen LogP contribution >= 0.6 is 0 Å². The fourth-order valence-electron chi connectivity index (χ4n) is 5.85. The summed E-state index contributed by atoms with van der Waals surface area (Å²) in [6, 6.07) is 20.7. The molecule has 0 aromatic heterocycles. The van der Waals surface area contributed by atoms with Crippen molar-refractivity contribution in [1.82, 2.24) is 4.90 Å². The van der Waals surface area contributed by atoms with Gasteiger partial charge in [-0.05, 0) is 120 Å². The Balaban J connectivity index is 1.50. The number of allylic oxidation sites excluding steroid dienone is 2. The molecule has 0 saturated carbocycles. The van der Waals surface area contributed by atoms with E-state index in [9.17, 15) is 9.50 Å². The third-order valence-electron chi connectivity index (χ3n) is 8.21. The second-order valence-electron chi connectivity index (χ2n) is 11.2. The minimum absolute atomic E-state index is 0.132. The van der Waals surface area contributed by atoms with Crippen LogP contribution in [0.1, 0.15) is 66.8 Å². The van der Waals surface area contributed by atoms with E-state index in [1.54, 1.807) is 6.07 Å². The van der Waals surface area contributed by atoms with Crippen LogP contribution in [0.15, 0.2) is 77.8 Å². The van der Waals surface area contributed by atoms with Crippen molar-refractivity contribution >= 4 is 23.0 Å². The van der Waals surface area contributed by atoms with Gasteiger partial charge in [-0.2, -0.15) is 0 Å². The number of phenols is 1. The van der Waals surface area contributed by atoms with E-state index in [4.69, 9.17) is 9.73 Å². The molecule has 5 heteroatoms. The first-order valence-electron chi connectivity index (χ1n) is 14.9. The number of hydrogen-bond donors (Lipinski definition) is 1. The Kier molecular flexibility index (Phi) is 9.35. The predicted molar refractivity (Wildman–Crippen MR) is 168 cm³/mol. The SMILES string of the molecule is C=C(C=Nc1cc(C2=C(c3ccc(O[C@H]4CCN(CCCF)C4)cc3)c3ccc(O)cc3CCC2)ccc1C)CC. The molecule has 1 heterocycles. The first kappa shape index (κ1) is 28.8. The Labute approximate surface area is 243 Å². The van der Waals surface area contributed by atoms with E-state index in [-0.39, 0.29) is 12.8 Å². The summed E-state index contributed by atoms with van der Waals surface area (Å²) in [5.41, 5.74) is 10.2. The number of benzene rings is 3. The van der Waals surface area contributed by atoms with E-state index in [0.717, 1.165) is 85.4 Å². The number of rotatable bonds is 10. The molecule has 5 rings (SSSR count). The van der Waals surface area contributed by atoms with E-state index in [1.165, 1.54) is 22.3 Å². The van der Waals surface area contributed by atoms with Crippen LogP contribution in [0.2, 0.25) is 0 Å². The molecule has 0 spiro atoms. The van der Waals surface area contributed by atoms with Crippen molar-refractivity contribution in [2.75, 3.05) is 26.3 Å². The van der Waals surface area contributed by atoms with Gasteiger partial charge in [-0.15, -0.1) is 0 Å². The van der Waals surface area contributed by atoms with Crippen LogP contribution in [-0.2, 0) is 6.42 Å². The van der Waals surface area contributed by atoms with Crippen LogP contribution in [-0.4, -0.2) is 48.6 Å². The summed E-state index contributed by atoms with van der Waals surface area (Å²) in [6.07, 6.45) is 7.25. The third kappa shape index (κ3) is 6.97. The van der Waals surface area contributed by atoms with Crippen molar-refractivity contribution in [2.24, 2.45) is 4.99 Å². The highest BCUT2D eigenvalue weighted by Crippen LogP contribution is 2.42. The highest BCUT2D eigenvalue weighted by atomic mass is 19.1. The first-order chi connectivity index (χ1) is 19.9. The van der Waals surface area contributed by atoms with Crippen LogP contribution in [0, 0.1) is 6.92 Å². The molecule has 1 aliphatic heterocycles. The standard InChI is InChI=1S/C36H41FN2O2/c1-4-25(2)23-38-35-22-29(10-9-26(35)3)33-8-5-7-28-21-30(40)13-16-34(28)36(33)27-11-14-31(15-12-27)41-32-17-20-39(24-32)19-6-18-37/h9-16,21-23,32,40H,2,4-8,17-20,24H2,1,3H3/t32-/m0/s1. The van der Waals surface area contributed by atoms with Crippen molar-refractivity contribution < 1.29 is 14.2 Å². The van der Waals surface area contributed by atoms with Gasteiger partial charge in [0, 0.05) is 25.8 Å². The van der Waals surface area contributed by atoms with Gasteiger partial charge >= 0.3 is 0 Å². The van der Waals surface area contributed by atoms with Crippen LogP contribution in [0.5, 0.6) is 11.5 Å². The van der Waals surface area contributed by atoms with Crippen molar-refractivity contribution in [3.63, 3.8) is 0 Å². The number of likely N-dealkylation sites (tertiary alicyclic amines) is 1. The fourth-order valence-corrected chi connectivity index (χ4v) is 5.85. The van der Waals surface area contributed by atoms with E-state index in [0.29, 0.717) is 12.2 Å². The molecule has 0 bridgehead atoms. The average molecular weight is 553 g/mol. The summed E-state index contributed by atoms with van der Waals surface area (Å²) >= 11 is 0. The summed E-state index contributed by atoms with van der Waals surface area (Å²) in [6.45, 7) is 10.6. The normalized spacial score (nSPS) is 17.6. The largest absolute Gasteiger partial charge is 0.508 e. The molecule has 1 fully saturated rings. The monoisotopic (exact) mass is 552 g/mol. The molecule has 0 radical (unpaired) electrons. The highest BCUT2D eigenvalue weighted by Gasteiger charge is 2.24. The Morgan fingerprint density at radius 2 is 1.90 bits per heavy atom. The zero-order valence-electron chi connectivity index (χ0n) is 24.3. The minimum atomic E-state index is -0.268. The molecule has 3 aromatic carbocycles. The summed E-state index contributed by atoms with van der Waals surface area (Å²) < 4.78 is 18.9. The van der Waals surface area contributed by atoms with Crippen LogP contribution < -0.4 is 4.74 Å². The topological polar surface area (TPSA) is 45.1 Å². The Bertz CT molecular complexity index is 1440. The van der Waals surface area contributed by atoms with Gasteiger partial charge in [-0.25, -0.2) is 0 Å². The summed E-state index contributed by atoms with van der Waals surface area (Å²) in [4.78, 5) is 7.06. The number of halogens is 1. The molecule has 0 unspecified atom stereocenters. The van der Waals surface area contributed by atoms with Crippen molar-refractivity contribution in [1.29, 1.82) is 0 Å². The number of hydrogen-bond acceptors (Lipinski definition) is 4. The minimum Gasteiger partial charge on any atom is -0.508 e. The van der Waals surface area contributed by atoms with Gasteiger partial charge in [0.15, 0.2) is 0 Å². The number of nitrogens with zero attached hydrogens (tertiary/aromatic N) is 2. The van der Waals surface area contributed by atoms with Crippen molar-refractivity contribution in [3.05, 3.63) is 101 Å². The van der Waals surface area contributed by atoms with Gasteiger partial charge in [0.05, 0.1) is 12.4 Å². The van der Waals surface area contributed by atoms with E-state index < -0.39 is 0 Å². The molecule has 214 valence electrons. The second-order valence-corrected chi connectivity index (χ2v) is 11.2. The molecule has 0 amide bonds. The van der Waals surface area contributed by atoms with Gasteiger partial charge in [-0.3, -0.25) is 14.3 Å². The number of ether oxygens (including phenoxy) is 1. The fraction of sp³-hybridized carbons (Fsp3) is 0.361. The molecule has 2 aliphatic rings. The highest BCUT2D eigenvalue weighted by molar-refractivity contribution is 6.00. The predicted octanol–water partition coefficient (Wildman–Crippen LogP) is 8.48. The van der Waals surface area contributed by atoms with Gasteiger partial charge in [0.2, 0.25) is 0 Å². The molecular weight excluding hydrogens is 511 g/mol. The Morgan fingerprint density at radius 1 is 1.10 bits per heavy atom. The molecule has 41 heavy (non-hydrogen) atoms. The zero-order valence-corrected chi connectivity index (χ0v) is 24.3. The first-order valence-corrected chi connectivity index (χ1v) is 14.9. The maximum Gasteiger partial charge on any atom is 0.119 e. The van der Waals surface area contributed by atoms with Gasteiger partial charge in [-0.1, -0.05) is 43.8 Å². The molecule has 1 saturated heterocycles. The van der Waals surface area contributed by atoms with Crippen LogP contribution in [0.25, 0.3) is 11.1 Å². The van der Waals surface area contributed by atoms with Gasteiger partial charge in [0.25, 0.3) is 0 Å². The number of aryl methyl sites for hydroxylation is 2. The van der Waals surface area contributed by atoms with Gasteiger partial charge < -0.3 is 9.84 Å². The van der Waals surface area contributed by atoms with Crippen molar-refractivity contribution in [2.45, 2.75) is 58.5 Å². The number of fused-ring (bicyclic) bond motifs is 1. The molecule has 1 aliphatic carbocycles. The number of aromatic hydroxyl groups is 1.